The van der Waals surface area contributed by atoms with Gasteiger partial charge in [-0.25, -0.2) is 13.8 Å². The molecule has 0 atom stereocenters. The van der Waals surface area contributed by atoms with Crippen LogP contribution in [-0.2, 0) is 26.8 Å². The first-order valence-corrected chi connectivity index (χ1v) is 13.1. The van der Waals surface area contributed by atoms with Crippen molar-refractivity contribution in [2.75, 3.05) is 6.54 Å². The van der Waals surface area contributed by atoms with E-state index in [9.17, 15) is 13.2 Å². The van der Waals surface area contributed by atoms with Gasteiger partial charge in [-0.2, -0.15) is 9.41 Å². The van der Waals surface area contributed by atoms with Crippen LogP contribution in [0.1, 0.15) is 37.5 Å². The monoisotopic (exact) mass is 531 g/mol. The molecule has 6 nitrogen and oxygen atoms in total. The molecule has 0 saturated carbocycles. The first-order valence-electron chi connectivity index (χ1n) is 10.9. The van der Waals surface area contributed by atoms with E-state index in [1.165, 1.54) is 36.0 Å². The number of amides is 1. The van der Waals surface area contributed by atoms with Crippen LogP contribution >= 0.6 is 23.2 Å². The predicted molar refractivity (Wildman–Crippen MR) is 141 cm³/mol. The standard InChI is InChI=1S/C26H27Cl2N3O3S/c1-26(2,3)21-9-7-19(8-10-21)16-29-30-25(32)18-31(17-20-5-4-6-23(28)15-20)35(33,34)24-13-11-22(27)12-14-24/h4-16H,17-18H2,1-3H3,(H,30,32)/b29-16-. The summed E-state index contributed by atoms with van der Waals surface area (Å²) in [5.74, 6) is -0.577. The van der Waals surface area contributed by atoms with E-state index in [4.69, 9.17) is 23.2 Å². The zero-order valence-corrected chi connectivity index (χ0v) is 22.0. The Morgan fingerprint density at radius 3 is 2.23 bits per heavy atom. The van der Waals surface area contributed by atoms with E-state index in [1.54, 1.807) is 24.3 Å². The molecular formula is C26H27Cl2N3O3S. The van der Waals surface area contributed by atoms with Gasteiger partial charge in [0.15, 0.2) is 0 Å². The molecular weight excluding hydrogens is 505 g/mol. The average molecular weight is 532 g/mol. The molecule has 1 amide bonds. The number of halogens is 2. The zero-order chi connectivity index (χ0) is 25.6. The van der Waals surface area contributed by atoms with Gasteiger partial charge < -0.3 is 0 Å². The molecule has 3 rings (SSSR count). The van der Waals surface area contributed by atoms with Crippen molar-refractivity contribution < 1.29 is 13.2 Å². The molecule has 0 bridgehead atoms. The third kappa shape index (κ3) is 7.64. The molecule has 184 valence electrons. The van der Waals surface area contributed by atoms with Gasteiger partial charge in [0.05, 0.1) is 17.7 Å². The van der Waals surface area contributed by atoms with E-state index in [0.29, 0.717) is 15.6 Å². The van der Waals surface area contributed by atoms with E-state index >= 15 is 0 Å². The summed E-state index contributed by atoms with van der Waals surface area (Å²) < 4.78 is 27.7. The number of hydrazone groups is 1. The molecule has 0 saturated heterocycles. The Balaban J connectivity index is 1.75. The third-order valence-corrected chi connectivity index (χ3v) is 7.49. The SMILES string of the molecule is CC(C)(C)c1ccc(/C=N\NC(=O)CN(Cc2cccc(Cl)c2)S(=O)(=O)c2ccc(Cl)cc2)cc1. The molecule has 0 aromatic heterocycles. The molecule has 0 aliphatic heterocycles. The second kappa shape index (κ2) is 11.4. The first-order chi connectivity index (χ1) is 16.4. The first kappa shape index (κ1) is 26.9. The average Bonchev–Trinajstić information content (AvgIpc) is 2.79. The Kier molecular flexibility index (Phi) is 8.72. The topological polar surface area (TPSA) is 78.8 Å². The lowest BCUT2D eigenvalue weighted by Crippen LogP contribution is -2.39. The van der Waals surface area contributed by atoms with Crippen LogP contribution in [0, 0.1) is 0 Å². The van der Waals surface area contributed by atoms with Gasteiger partial charge in [-0.1, -0.05) is 80.4 Å². The van der Waals surface area contributed by atoms with E-state index in [2.05, 4.69) is 31.3 Å². The van der Waals surface area contributed by atoms with Gasteiger partial charge in [-0.05, 0) is 58.5 Å². The summed E-state index contributed by atoms with van der Waals surface area (Å²) in [4.78, 5) is 12.7. The molecule has 0 radical (unpaired) electrons. The van der Waals surface area contributed by atoms with Crippen molar-refractivity contribution in [3.8, 4) is 0 Å². The molecule has 0 aliphatic carbocycles. The number of nitrogens with one attached hydrogen (secondary N) is 1. The van der Waals surface area contributed by atoms with E-state index in [0.717, 1.165) is 9.87 Å². The molecule has 3 aromatic rings. The van der Waals surface area contributed by atoms with Crippen molar-refractivity contribution in [2.45, 2.75) is 37.6 Å². The summed E-state index contributed by atoms with van der Waals surface area (Å²) >= 11 is 12.0. The van der Waals surface area contributed by atoms with Gasteiger partial charge in [0.2, 0.25) is 10.0 Å². The summed E-state index contributed by atoms with van der Waals surface area (Å²) in [6.07, 6.45) is 1.51. The van der Waals surface area contributed by atoms with Crippen LogP contribution in [-0.4, -0.2) is 31.4 Å². The van der Waals surface area contributed by atoms with E-state index < -0.39 is 22.5 Å². The van der Waals surface area contributed by atoms with Gasteiger partial charge in [-0.15, -0.1) is 0 Å². The molecule has 0 unspecified atom stereocenters. The van der Waals surface area contributed by atoms with Crippen molar-refractivity contribution in [1.82, 2.24) is 9.73 Å². The lowest BCUT2D eigenvalue weighted by atomic mass is 9.87. The zero-order valence-electron chi connectivity index (χ0n) is 19.7. The molecule has 1 N–H and O–H groups in total. The Morgan fingerprint density at radius 2 is 1.63 bits per heavy atom. The molecule has 0 heterocycles. The molecule has 0 aliphatic rings. The summed E-state index contributed by atoms with van der Waals surface area (Å²) in [5, 5.41) is 4.87. The number of carbonyl (C=O) groups is 1. The summed E-state index contributed by atoms with van der Waals surface area (Å²) in [6, 6.07) is 20.4. The highest BCUT2D eigenvalue weighted by Crippen LogP contribution is 2.23. The molecule has 0 fully saturated rings. The quantitative estimate of drug-likeness (QED) is 0.302. The number of rotatable bonds is 8. The van der Waals surface area contributed by atoms with Crippen molar-refractivity contribution in [2.24, 2.45) is 5.10 Å². The maximum atomic E-state index is 13.3. The molecule has 35 heavy (non-hydrogen) atoms. The molecule has 9 heteroatoms. The second-order valence-corrected chi connectivity index (χ2v) is 11.8. The van der Waals surface area contributed by atoms with Gasteiger partial charge >= 0.3 is 0 Å². The number of hydrogen-bond acceptors (Lipinski definition) is 4. The van der Waals surface area contributed by atoms with Crippen LogP contribution in [0.3, 0.4) is 0 Å². The highest BCUT2D eigenvalue weighted by atomic mass is 35.5. The fourth-order valence-electron chi connectivity index (χ4n) is 3.26. The van der Waals surface area contributed by atoms with Crippen LogP contribution in [0.15, 0.2) is 82.8 Å². The lowest BCUT2D eigenvalue weighted by molar-refractivity contribution is -0.121. The lowest BCUT2D eigenvalue weighted by Gasteiger charge is -2.21. The van der Waals surface area contributed by atoms with Gasteiger partial charge in [0.25, 0.3) is 5.91 Å². The minimum absolute atomic E-state index is 0.0270. The molecule has 3 aromatic carbocycles. The largest absolute Gasteiger partial charge is 0.272 e. The maximum Gasteiger partial charge on any atom is 0.255 e. The van der Waals surface area contributed by atoms with E-state index in [-0.39, 0.29) is 16.9 Å². The number of hydrogen-bond donors (Lipinski definition) is 1. The Labute approximate surface area is 216 Å². The highest BCUT2D eigenvalue weighted by molar-refractivity contribution is 7.89. The van der Waals surface area contributed by atoms with Crippen LogP contribution in [0.5, 0.6) is 0 Å². The number of carbonyl (C=O) groups excluding carboxylic acids is 1. The van der Waals surface area contributed by atoms with Gasteiger partial charge in [0.1, 0.15) is 0 Å². The van der Waals surface area contributed by atoms with Crippen molar-refractivity contribution in [3.05, 3.63) is 99.5 Å². The van der Waals surface area contributed by atoms with Crippen LogP contribution in [0.25, 0.3) is 0 Å². The minimum Gasteiger partial charge on any atom is -0.272 e. The van der Waals surface area contributed by atoms with Gasteiger partial charge in [0, 0.05) is 16.6 Å². The Bertz CT molecular complexity index is 1300. The number of nitrogens with zero attached hydrogens (tertiary/aromatic N) is 2. The normalized spacial score (nSPS) is 12.3. The van der Waals surface area contributed by atoms with Crippen LogP contribution in [0.2, 0.25) is 10.0 Å². The maximum absolute atomic E-state index is 13.3. The van der Waals surface area contributed by atoms with Crippen molar-refractivity contribution in [3.63, 3.8) is 0 Å². The fourth-order valence-corrected chi connectivity index (χ4v) is 4.99. The fraction of sp³-hybridized carbons (Fsp3) is 0.231. The van der Waals surface area contributed by atoms with E-state index in [1.807, 2.05) is 24.3 Å². The Hall–Kier alpha value is -2.71. The summed E-state index contributed by atoms with van der Waals surface area (Å²) in [6.45, 7) is 5.91. The smallest absolute Gasteiger partial charge is 0.255 e. The number of benzene rings is 3. The van der Waals surface area contributed by atoms with Crippen molar-refractivity contribution >= 4 is 45.3 Å². The second-order valence-electron chi connectivity index (χ2n) is 9.02. The van der Waals surface area contributed by atoms with Crippen LogP contribution < -0.4 is 5.43 Å². The van der Waals surface area contributed by atoms with Crippen LogP contribution in [0.4, 0.5) is 0 Å². The minimum atomic E-state index is -4.00. The third-order valence-electron chi connectivity index (χ3n) is 5.20. The number of sulfonamides is 1. The van der Waals surface area contributed by atoms with Gasteiger partial charge in [-0.3, -0.25) is 4.79 Å². The predicted octanol–water partition coefficient (Wildman–Crippen LogP) is 5.63. The highest BCUT2D eigenvalue weighted by Gasteiger charge is 2.27. The molecule has 0 spiro atoms. The Morgan fingerprint density at radius 1 is 0.971 bits per heavy atom. The summed E-state index contributed by atoms with van der Waals surface area (Å²) in [5.41, 5.74) is 5.08. The summed E-state index contributed by atoms with van der Waals surface area (Å²) in [7, 11) is -4.00. The van der Waals surface area contributed by atoms with Crippen molar-refractivity contribution in [1.29, 1.82) is 0 Å².